The molecular weight excluding hydrogens is 114 g/mol. The lowest BCUT2D eigenvalue weighted by Gasteiger charge is -1.77. The Morgan fingerprint density at radius 3 is 3.00 bits per heavy atom. The van der Waals surface area contributed by atoms with Crippen LogP contribution in [0.3, 0.4) is 0 Å². The number of rotatable bonds is 2. The summed E-state index contributed by atoms with van der Waals surface area (Å²) >= 11 is 0. The van der Waals surface area contributed by atoms with Crippen molar-refractivity contribution >= 4 is 6.21 Å². The Morgan fingerprint density at radius 1 is 1.67 bits per heavy atom. The first-order chi connectivity index (χ1) is 4.41. The molecule has 0 saturated carbocycles. The summed E-state index contributed by atoms with van der Waals surface area (Å²) in [6, 6.07) is 0. The van der Waals surface area contributed by atoms with Crippen LogP contribution in [0.25, 0.3) is 0 Å². The molecule has 0 rings (SSSR count). The van der Waals surface area contributed by atoms with E-state index in [0.29, 0.717) is 0 Å². The van der Waals surface area contributed by atoms with Crippen LogP contribution >= 0.6 is 0 Å². The summed E-state index contributed by atoms with van der Waals surface area (Å²) in [5.41, 5.74) is 0. The average molecular weight is 125 g/mol. The van der Waals surface area contributed by atoms with Gasteiger partial charge in [0, 0.05) is 6.42 Å². The third-order valence-corrected chi connectivity index (χ3v) is 0.700. The summed E-state index contributed by atoms with van der Waals surface area (Å²) in [4.78, 5) is 4.39. The fourth-order valence-electron chi connectivity index (χ4n) is 0.322. The van der Waals surface area contributed by atoms with Gasteiger partial charge in [0.1, 0.15) is 13.3 Å². The lowest BCUT2D eigenvalue weighted by Crippen LogP contribution is -1.69. The van der Waals surface area contributed by atoms with Gasteiger partial charge in [-0.3, -0.25) is 0 Å². The van der Waals surface area contributed by atoms with Gasteiger partial charge in [-0.05, 0) is 6.42 Å². The minimum Gasteiger partial charge on any atom is -0.399 e. The van der Waals surface area contributed by atoms with Gasteiger partial charge in [0.15, 0.2) is 0 Å². The molecule has 0 unspecified atom stereocenters. The molecule has 0 aliphatic carbocycles. The first-order valence-corrected chi connectivity index (χ1v) is 2.95. The van der Waals surface area contributed by atoms with E-state index >= 15 is 0 Å². The van der Waals surface area contributed by atoms with Crippen LogP contribution in [0.2, 0.25) is 0 Å². The molecule has 0 aliphatic heterocycles. The van der Waals surface area contributed by atoms with Crippen LogP contribution in [0, 0.1) is 11.8 Å². The van der Waals surface area contributed by atoms with Crippen molar-refractivity contribution in [1.29, 1.82) is 0 Å². The van der Waals surface area contributed by atoms with Crippen LogP contribution in [0.4, 0.5) is 0 Å². The SMILES string of the molecule is CCCC#C/C=N\OC. The molecule has 0 saturated heterocycles. The topological polar surface area (TPSA) is 21.6 Å². The van der Waals surface area contributed by atoms with Gasteiger partial charge in [0.05, 0.1) is 0 Å². The smallest absolute Gasteiger partial charge is 0.116 e. The van der Waals surface area contributed by atoms with Gasteiger partial charge < -0.3 is 4.84 Å². The first kappa shape index (κ1) is 8.03. The summed E-state index contributed by atoms with van der Waals surface area (Å²) in [6.45, 7) is 2.09. The Balaban J connectivity index is 3.25. The summed E-state index contributed by atoms with van der Waals surface area (Å²) < 4.78 is 0. The molecule has 0 atom stereocenters. The molecule has 0 fully saturated rings. The summed E-state index contributed by atoms with van der Waals surface area (Å²) in [5.74, 6) is 5.61. The molecule has 0 amide bonds. The Bertz CT molecular complexity index is 130. The van der Waals surface area contributed by atoms with Crippen molar-refractivity contribution < 1.29 is 4.84 Å². The molecule has 9 heavy (non-hydrogen) atoms. The molecule has 2 nitrogen and oxygen atoms in total. The lowest BCUT2D eigenvalue weighted by molar-refractivity contribution is 0.216. The molecule has 0 radical (unpaired) electrons. The number of hydrogen-bond acceptors (Lipinski definition) is 2. The van der Waals surface area contributed by atoms with Gasteiger partial charge in [-0.2, -0.15) is 0 Å². The Hall–Kier alpha value is -0.970. The number of hydrogen-bond donors (Lipinski definition) is 0. The predicted octanol–water partition coefficient (Wildman–Crippen LogP) is 1.42. The quantitative estimate of drug-likeness (QED) is 0.311. The van der Waals surface area contributed by atoms with E-state index in [9.17, 15) is 0 Å². The van der Waals surface area contributed by atoms with Crippen molar-refractivity contribution in [3.8, 4) is 11.8 Å². The molecule has 0 spiro atoms. The van der Waals surface area contributed by atoms with Gasteiger partial charge in [0.2, 0.25) is 0 Å². The highest BCUT2D eigenvalue weighted by molar-refractivity contribution is 5.77. The molecule has 2 heteroatoms. The van der Waals surface area contributed by atoms with Gasteiger partial charge in [0.25, 0.3) is 0 Å². The van der Waals surface area contributed by atoms with Crippen molar-refractivity contribution in [2.24, 2.45) is 5.16 Å². The second kappa shape index (κ2) is 7.03. The van der Waals surface area contributed by atoms with Gasteiger partial charge >= 0.3 is 0 Å². The summed E-state index contributed by atoms with van der Waals surface area (Å²) in [6.07, 6.45) is 3.47. The summed E-state index contributed by atoms with van der Waals surface area (Å²) in [7, 11) is 1.50. The fourth-order valence-corrected chi connectivity index (χ4v) is 0.322. The molecule has 0 bridgehead atoms. The van der Waals surface area contributed by atoms with E-state index in [4.69, 9.17) is 0 Å². The highest BCUT2D eigenvalue weighted by atomic mass is 16.6. The van der Waals surface area contributed by atoms with Crippen molar-refractivity contribution in [1.82, 2.24) is 0 Å². The van der Waals surface area contributed by atoms with Gasteiger partial charge in [-0.1, -0.05) is 23.9 Å². The maximum absolute atomic E-state index is 4.39. The number of unbranched alkanes of at least 4 members (excludes halogenated alkanes) is 1. The highest BCUT2D eigenvalue weighted by Crippen LogP contribution is 1.79. The lowest BCUT2D eigenvalue weighted by atomic mass is 10.3. The third-order valence-electron chi connectivity index (χ3n) is 0.700. The van der Waals surface area contributed by atoms with Crippen LogP contribution in [0.15, 0.2) is 5.16 Å². The Morgan fingerprint density at radius 2 is 2.44 bits per heavy atom. The van der Waals surface area contributed by atoms with Crippen LogP contribution < -0.4 is 0 Å². The molecule has 50 valence electrons. The van der Waals surface area contributed by atoms with Crippen LogP contribution in [0.5, 0.6) is 0 Å². The van der Waals surface area contributed by atoms with E-state index in [1.54, 1.807) is 0 Å². The Labute approximate surface area is 55.9 Å². The molecule has 0 aromatic rings. The minimum absolute atomic E-state index is 0.926. The average Bonchev–Trinajstić information content (AvgIpc) is 1.89. The zero-order valence-electron chi connectivity index (χ0n) is 5.85. The fraction of sp³-hybridized carbons (Fsp3) is 0.571. The van der Waals surface area contributed by atoms with E-state index < -0.39 is 0 Å². The van der Waals surface area contributed by atoms with E-state index in [1.807, 2.05) is 0 Å². The Kier molecular flexibility index (Phi) is 6.27. The summed E-state index contributed by atoms with van der Waals surface area (Å²) in [5, 5.41) is 3.44. The monoisotopic (exact) mass is 125 g/mol. The van der Waals surface area contributed by atoms with E-state index in [1.165, 1.54) is 13.3 Å². The van der Waals surface area contributed by atoms with Crippen LogP contribution in [0.1, 0.15) is 19.8 Å². The van der Waals surface area contributed by atoms with Crippen molar-refractivity contribution in [2.45, 2.75) is 19.8 Å². The maximum atomic E-state index is 4.39. The van der Waals surface area contributed by atoms with Crippen LogP contribution in [-0.4, -0.2) is 13.3 Å². The van der Waals surface area contributed by atoms with Crippen molar-refractivity contribution in [2.75, 3.05) is 7.11 Å². The van der Waals surface area contributed by atoms with Crippen molar-refractivity contribution in [3.63, 3.8) is 0 Å². The zero-order chi connectivity index (χ0) is 6.95. The zero-order valence-corrected chi connectivity index (χ0v) is 5.85. The highest BCUT2D eigenvalue weighted by Gasteiger charge is 1.66. The molecule has 0 N–H and O–H groups in total. The third kappa shape index (κ3) is 7.03. The predicted molar refractivity (Wildman–Crippen MR) is 38.2 cm³/mol. The van der Waals surface area contributed by atoms with E-state index in [2.05, 4.69) is 28.8 Å². The van der Waals surface area contributed by atoms with E-state index in [0.717, 1.165) is 12.8 Å². The van der Waals surface area contributed by atoms with Crippen LogP contribution in [-0.2, 0) is 4.84 Å². The molecular formula is C7H11NO. The standard InChI is InChI=1S/C7H11NO/c1-3-4-5-6-7-8-9-2/h7H,3-4H2,1-2H3/b8-7-. The molecule has 0 aromatic heterocycles. The second-order valence-corrected chi connectivity index (χ2v) is 1.49. The minimum atomic E-state index is 0.926. The maximum Gasteiger partial charge on any atom is 0.116 e. The number of oxime groups is 1. The molecule has 0 aliphatic rings. The van der Waals surface area contributed by atoms with E-state index in [-0.39, 0.29) is 0 Å². The number of nitrogens with zero attached hydrogens (tertiary/aromatic N) is 1. The first-order valence-electron chi connectivity index (χ1n) is 2.95. The normalized spacial score (nSPS) is 8.67. The molecule has 0 aromatic carbocycles. The van der Waals surface area contributed by atoms with Crippen molar-refractivity contribution in [3.05, 3.63) is 0 Å². The largest absolute Gasteiger partial charge is 0.399 e. The second-order valence-electron chi connectivity index (χ2n) is 1.49. The van der Waals surface area contributed by atoms with Gasteiger partial charge in [-0.25, -0.2) is 0 Å². The molecule has 0 heterocycles. The van der Waals surface area contributed by atoms with Gasteiger partial charge in [-0.15, -0.1) is 0 Å².